The van der Waals surface area contributed by atoms with Gasteiger partial charge in [0.15, 0.2) is 11.5 Å². The van der Waals surface area contributed by atoms with Crippen LogP contribution in [0, 0.1) is 3.57 Å². The van der Waals surface area contributed by atoms with E-state index in [0.717, 1.165) is 25.6 Å². The number of hydrogen-bond acceptors (Lipinski definition) is 6. The van der Waals surface area contributed by atoms with E-state index in [1.807, 2.05) is 48.5 Å². The Labute approximate surface area is 254 Å². The lowest BCUT2D eigenvalue weighted by Gasteiger charge is -2.12. The molecule has 0 aliphatic heterocycles. The first-order valence-electron chi connectivity index (χ1n) is 12.3. The Hall–Kier alpha value is -4.35. The third-order valence-corrected chi connectivity index (χ3v) is 7.36. The number of amides is 1. The summed E-state index contributed by atoms with van der Waals surface area (Å²) >= 11 is 8.29. The van der Waals surface area contributed by atoms with Crippen LogP contribution in [0.1, 0.15) is 26.4 Å². The monoisotopic (exact) mass is 679 g/mol. The first-order valence-corrected chi connectivity index (χ1v) is 13.8. The van der Waals surface area contributed by atoms with Gasteiger partial charge in [0, 0.05) is 19.5 Å². The number of methoxy groups -OCH3 is 2. The van der Waals surface area contributed by atoms with Gasteiger partial charge in [0.2, 0.25) is 0 Å². The van der Waals surface area contributed by atoms with E-state index in [-0.39, 0.29) is 17.2 Å². The Balaban J connectivity index is 1.35. The van der Waals surface area contributed by atoms with E-state index in [4.69, 9.17) is 25.8 Å². The average Bonchev–Trinajstić information content (AvgIpc) is 3.39. The standard InChI is InChI=1S/C31H23ClIN3O5/c1-39-24-14-12-20(32)16-22(24)31(38)41-25-13-11-18(15-26(25)40-2)17-34-36-30(37)29-27(19-7-4-3-5-8-19)21-9-6-10-23(33)28(21)35-29/h3-17,35H,1-2H3,(H,36,37). The molecule has 0 fully saturated rings. The lowest BCUT2D eigenvalue weighted by molar-refractivity contribution is 0.0726. The first kappa shape index (κ1) is 28.2. The highest BCUT2D eigenvalue weighted by Crippen LogP contribution is 2.34. The van der Waals surface area contributed by atoms with E-state index >= 15 is 0 Å². The van der Waals surface area contributed by atoms with Gasteiger partial charge in [-0.25, -0.2) is 10.2 Å². The SMILES string of the molecule is COc1cc(C=NNC(=O)c2[nH]c3c(I)cccc3c2-c2ccccc2)ccc1OC(=O)c1cc(Cl)ccc1OC. The molecule has 41 heavy (non-hydrogen) atoms. The number of hydrogen-bond donors (Lipinski definition) is 2. The van der Waals surface area contributed by atoms with Gasteiger partial charge >= 0.3 is 5.97 Å². The molecule has 2 N–H and O–H groups in total. The van der Waals surface area contributed by atoms with E-state index < -0.39 is 5.97 Å². The normalized spacial score (nSPS) is 11.0. The predicted octanol–water partition coefficient (Wildman–Crippen LogP) is 7.09. The van der Waals surface area contributed by atoms with Crippen molar-refractivity contribution in [3.8, 4) is 28.4 Å². The fourth-order valence-corrected chi connectivity index (χ4v) is 5.13. The highest BCUT2D eigenvalue weighted by molar-refractivity contribution is 14.1. The molecule has 8 nitrogen and oxygen atoms in total. The zero-order valence-corrected chi connectivity index (χ0v) is 24.8. The summed E-state index contributed by atoms with van der Waals surface area (Å²) in [7, 11) is 2.91. The molecule has 0 bridgehead atoms. The molecule has 0 atom stereocenters. The smallest absolute Gasteiger partial charge is 0.347 e. The molecule has 0 saturated heterocycles. The molecule has 4 aromatic carbocycles. The van der Waals surface area contributed by atoms with Gasteiger partial charge in [-0.2, -0.15) is 5.10 Å². The van der Waals surface area contributed by atoms with Crippen LogP contribution in [0.15, 0.2) is 90.0 Å². The Bertz CT molecular complexity index is 1790. The van der Waals surface area contributed by atoms with Crippen LogP contribution in [0.4, 0.5) is 0 Å². The van der Waals surface area contributed by atoms with Crippen molar-refractivity contribution in [2.24, 2.45) is 5.10 Å². The number of hydrazone groups is 1. The van der Waals surface area contributed by atoms with Crippen molar-refractivity contribution in [2.45, 2.75) is 0 Å². The minimum absolute atomic E-state index is 0.178. The van der Waals surface area contributed by atoms with Gasteiger partial charge in [0.1, 0.15) is 17.0 Å². The maximum absolute atomic E-state index is 13.3. The van der Waals surface area contributed by atoms with Crippen LogP contribution < -0.4 is 19.6 Å². The third-order valence-electron chi connectivity index (χ3n) is 6.22. The minimum Gasteiger partial charge on any atom is -0.496 e. The van der Waals surface area contributed by atoms with Crippen LogP contribution in [-0.4, -0.2) is 37.3 Å². The van der Waals surface area contributed by atoms with Crippen LogP contribution in [0.3, 0.4) is 0 Å². The molecule has 0 saturated carbocycles. The zero-order valence-electron chi connectivity index (χ0n) is 21.9. The van der Waals surface area contributed by atoms with Crippen LogP contribution in [0.2, 0.25) is 5.02 Å². The van der Waals surface area contributed by atoms with Crippen molar-refractivity contribution in [1.82, 2.24) is 10.4 Å². The Morgan fingerprint density at radius 3 is 2.41 bits per heavy atom. The van der Waals surface area contributed by atoms with Crippen molar-refractivity contribution in [3.63, 3.8) is 0 Å². The molecular weight excluding hydrogens is 657 g/mol. The van der Waals surface area contributed by atoms with Crippen LogP contribution in [0.5, 0.6) is 17.2 Å². The number of aromatic nitrogens is 1. The maximum atomic E-state index is 13.3. The fraction of sp³-hybridized carbons (Fsp3) is 0.0645. The molecule has 5 aromatic rings. The number of halogens is 2. The molecule has 1 heterocycles. The Morgan fingerprint density at radius 2 is 1.66 bits per heavy atom. The number of H-pyrrole nitrogens is 1. The minimum atomic E-state index is -0.654. The molecule has 1 amide bonds. The number of nitrogens with zero attached hydrogens (tertiary/aromatic N) is 1. The number of carbonyl (C=O) groups is 2. The lowest BCUT2D eigenvalue weighted by atomic mass is 10.0. The number of rotatable bonds is 8. The number of benzene rings is 4. The fourth-order valence-electron chi connectivity index (χ4n) is 4.32. The van der Waals surface area contributed by atoms with Crippen molar-refractivity contribution in [3.05, 3.63) is 110 Å². The van der Waals surface area contributed by atoms with E-state index in [1.165, 1.54) is 26.5 Å². The average molecular weight is 680 g/mol. The number of carbonyl (C=O) groups excluding carboxylic acids is 2. The first-order chi connectivity index (χ1) is 19.9. The van der Waals surface area contributed by atoms with Crippen LogP contribution in [0.25, 0.3) is 22.0 Å². The number of esters is 1. The highest BCUT2D eigenvalue weighted by atomic mass is 127. The molecular formula is C31H23ClIN3O5. The second-order valence-electron chi connectivity index (χ2n) is 8.75. The molecule has 1 aromatic heterocycles. The number of ether oxygens (including phenoxy) is 3. The summed E-state index contributed by atoms with van der Waals surface area (Å²) in [6, 6.07) is 25.2. The molecule has 10 heteroatoms. The number of aromatic amines is 1. The second-order valence-corrected chi connectivity index (χ2v) is 10.3. The molecule has 0 radical (unpaired) electrons. The van der Waals surface area contributed by atoms with Gasteiger partial charge in [-0.1, -0.05) is 54.1 Å². The number of para-hydroxylation sites is 1. The molecule has 5 rings (SSSR count). The Kier molecular flexibility index (Phi) is 8.55. The van der Waals surface area contributed by atoms with Gasteiger partial charge in [-0.3, -0.25) is 4.79 Å². The summed E-state index contributed by atoms with van der Waals surface area (Å²) in [6.07, 6.45) is 1.47. The third kappa shape index (κ3) is 6.06. The van der Waals surface area contributed by atoms with Crippen LogP contribution >= 0.6 is 34.2 Å². The van der Waals surface area contributed by atoms with Gasteiger partial charge in [0.05, 0.1) is 26.0 Å². The van der Waals surface area contributed by atoms with Gasteiger partial charge < -0.3 is 19.2 Å². The number of nitrogens with one attached hydrogen (secondary N) is 2. The summed E-state index contributed by atoms with van der Waals surface area (Å²) in [6.45, 7) is 0. The van der Waals surface area contributed by atoms with Crippen molar-refractivity contribution >= 4 is 63.2 Å². The van der Waals surface area contributed by atoms with Gasteiger partial charge in [0.25, 0.3) is 5.91 Å². The van der Waals surface area contributed by atoms with E-state index in [1.54, 1.807) is 30.3 Å². The van der Waals surface area contributed by atoms with Gasteiger partial charge in [-0.05, 0) is 76.2 Å². The van der Waals surface area contributed by atoms with E-state index in [0.29, 0.717) is 27.8 Å². The quantitative estimate of drug-likeness (QED) is 0.0600. The summed E-state index contributed by atoms with van der Waals surface area (Å²) in [5.41, 5.74) is 6.40. The lowest BCUT2D eigenvalue weighted by Crippen LogP contribution is -2.18. The molecule has 0 unspecified atom stereocenters. The molecule has 0 aliphatic rings. The van der Waals surface area contributed by atoms with E-state index in [9.17, 15) is 9.59 Å². The summed E-state index contributed by atoms with van der Waals surface area (Å²) < 4.78 is 17.2. The largest absolute Gasteiger partial charge is 0.496 e. The Morgan fingerprint density at radius 1 is 0.902 bits per heavy atom. The molecule has 0 aliphatic carbocycles. The van der Waals surface area contributed by atoms with Gasteiger partial charge in [-0.15, -0.1) is 0 Å². The van der Waals surface area contributed by atoms with Crippen molar-refractivity contribution in [2.75, 3.05) is 14.2 Å². The maximum Gasteiger partial charge on any atom is 0.347 e. The topological polar surface area (TPSA) is 102 Å². The number of fused-ring (bicyclic) bond motifs is 1. The van der Waals surface area contributed by atoms with Crippen LogP contribution in [-0.2, 0) is 0 Å². The summed E-state index contributed by atoms with van der Waals surface area (Å²) in [5.74, 6) is -0.219. The molecule has 206 valence electrons. The second kappa shape index (κ2) is 12.4. The van der Waals surface area contributed by atoms with Crippen molar-refractivity contribution < 1.29 is 23.8 Å². The highest BCUT2D eigenvalue weighted by Gasteiger charge is 2.20. The van der Waals surface area contributed by atoms with E-state index in [2.05, 4.69) is 38.1 Å². The molecule has 0 spiro atoms. The zero-order chi connectivity index (χ0) is 28.9. The summed E-state index contributed by atoms with van der Waals surface area (Å²) in [5, 5.41) is 5.47. The summed E-state index contributed by atoms with van der Waals surface area (Å²) in [4.78, 5) is 29.3. The van der Waals surface area contributed by atoms with Crippen molar-refractivity contribution in [1.29, 1.82) is 0 Å². The predicted molar refractivity (Wildman–Crippen MR) is 167 cm³/mol.